The third-order valence-corrected chi connectivity index (χ3v) is 7.11. The van der Waals surface area contributed by atoms with Gasteiger partial charge in [0.1, 0.15) is 23.6 Å². The second kappa shape index (κ2) is 8.82. The number of nitrogens with one attached hydrogen (secondary N) is 1. The van der Waals surface area contributed by atoms with Gasteiger partial charge in [-0.15, -0.1) is 0 Å². The van der Waals surface area contributed by atoms with Crippen molar-refractivity contribution in [1.29, 1.82) is 0 Å². The van der Waals surface area contributed by atoms with Crippen LogP contribution < -0.4 is 15.1 Å². The highest BCUT2D eigenvalue weighted by molar-refractivity contribution is 5.96. The molecule has 0 radical (unpaired) electrons. The highest BCUT2D eigenvalue weighted by Gasteiger charge is 2.40. The molecule has 0 saturated carbocycles. The van der Waals surface area contributed by atoms with Crippen LogP contribution in [-0.4, -0.2) is 68.7 Å². The summed E-state index contributed by atoms with van der Waals surface area (Å²) in [5.41, 5.74) is -0.642. The van der Waals surface area contributed by atoms with Crippen LogP contribution >= 0.6 is 0 Å². The summed E-state index contributed by atoms with van der Waals surface area (Å²) in [6, 6.07) is 3.48. The summed E-state index contributed by atoms with van der Waals surface area (Å²) in [4.78, 5) is 21.8. The Morgan fingerprint density at radius 1 is 1.17 bits per heavy atom. The monoisotopic (exact) mass is 483 g/mol. The summed E-state index contributed by atoms with van der Waals surface area (Å²) >= 11 is 0. The predicted octanol–water partition coefficient (Wildman–Crippen LogP) is 4.13. The van der Waals surface area contributed by atoms with E-state index in [9.17, 15) is 13.9 Å². The Hall–Kier alpha value is -3.14. The van der Waals surface area contributed by atoms with Gasteiger partial charge < -0.3 is 20.2 Å². The van der Waals surface area contributed by atoms with Crippen LogP contribution in [0.15, 0.2) is 30.7 Å². The van der Waals surface area contributed by atoms with Crippen molar-refractivity contribution in [3.8, 4) is 0 Å². The number of aliphatic hydroxyl groups is 1. The predicted molar refractivity (Wildman–Crippen MR) is 133 cm³/mol. The van der Waals surface area contributed by atoms with Gasteiger partial charge in [0.15, 0.2) is 5.67 Å². The van der Waals surface area contributed by atoms with Gasteiger partial charge >= 0.3 is 0 Å². The number of piperidine rings is 1. The van der Waals surface area contributed by atoms with Gasteiger partial charge in [0, 0.05) is 30.5 Å². The largest absolute Gasteiger partial charge is 0.390 e. The lowest BCUT2D eigenvalue weighted by atomic mass is 9.94. The van der Waals surface area contributed by atoms with E-state index in [1.54, 1.807) is 23.4 Å². The quantitative estimate of drug-likeness (QED) is 0.560. The smallest absolute Gasteiger partial charge is 0.227 e. The number of hydrogen-bond acceptors (Lipinski definition) is 8. The summed E-state index contributed by atoms with van der Waals surface area (Å²) < 4.78 is 28.5. The molecular weight excluding hydrogens is 452 g/mol. The maximum Gasteiger partial charge on any atom is 0.227 e. The van der Waals surface area contributed by atoms with E-state index in [1.165, 1.54) is 6.92 Å². The normalized spacial score (nSPS) is 26.8. The minimum absolute atomic E-state index is 0.0219. The van der Waals surface area contributed by atoms with E-state index in [0.29, 0.717) is 37.1 Å². The molecule has 0 bridgehead atoms. The van der Waals surface area contributed by atoms with Gasteiger partial charge in [0.25, 0.3) is 0 Å². The molecule has 5 rings (SSSR count). The van der Waals surface area contributed by atoms with E-state index in [4.69, 9.17) is 0 Å². The Kier molecular flexibility index (Phi) is 5.94. The minimum atomic E-state index is -1.72. The van der Waals surface area contributed by atoms with Crippen LogP contribution in [0, 0.1) is 0 Å². The van der Waals surface area contributed by atoms with Crippen molar-refractivity contribution in [1.82, 2.24) is 19.9 Å². The van der Waals surface area contributed by atoms with Gasteiger partial charge in [-0.2, -0.15) is 4.98 Å². The van der Waals surface area contributed by atoms with Crippen LogP contribution in [0.25, 0.3) is 10.8 Å². The second-order valence-corrected chi connectivity index (χ2v) is 10.1. The molecule has 0 aliphatic carbocycles. The highest BCUT2D eigenvalue weighted by Crippen LogP contribution is 2.36. The fraction of sp³-hybridized carbons (Fsp3) is 0.520. The van der Waals surface area contributed by atoms with E-state index >= 15 is 0 Å². The summed E-state index contributed by atoms with van der Waals surface area (Å²) in [6.45, 7) is 8.31. The van der Waals surface area contributed by atoms with Crippen LogP contribution in [0.3, 0.4) is 0 Å². The van der Waals surface area contributed by atoms with Crippen molar-refractivity contribution in [3.63, 3.8) is 0 Å². The van der Waals surface area contributed by atoms with E-state index < -0.39 is 17.9 Å². The molecule has 2 fully saturated rings. The number of fused-ring (bicyclic) bond motifs is 1. The Labute approximate surface area is 203 Å². The molecule has 35 heavy (non-hydrogen) atoms. The average Bonchev–Trinajstić information content (AvgIpc) is 2.83. The number of pyridine rings is 2. The van der Waals surface area contributed by atoms with Crippen LogP contribution in [0.2, 0.25) is 0 Å². The van der Waals surface area contributed by atoms with Crippen molar-refractivity contribution in [2.45, 2.75) is 64.0 Å². The summed E-state index contributed by atoms with van der Waals surface area (Å²) in [5.74, 6) is 2.52. The first kappa shape index (κ1) is 23.6. The maximum absolute atomic E-state index is 14.7. The van der Waals surface area contributed by atoms with E-state index in [0.717, 1.165) is 22.2 Å². The molecule has 0 spiro atoms. The minimum Gasteiger partial charge on any atom is -0.390 e. The molecule has 2 N–H and O–H groups in total. The summed E-state index contributed by atoms with van der Waals surface area (Å²) in [6.07, 6.45) is 3.72. The topological polar surface area (TPSA) is 90.3 Å². The molecular formula is C25H31F2N7O. The summed E-state index contributed by atoms with van der Waals surface area (Å²) in [7, 11) is 0. The first-order valence-corrected chi connectivity index (χ1v) is 12.1. The molecule has 10 heteroatoms. The van der Waals surface area contributed by atoms with Gasteiger partial charge in [-0.1, -0.05) is 13.8 Å². The lowest BCUT2D eigenvalue weighted by Gasteiger charge is -2.43. The maximum atomic E-state index is 14.7. The molecule has 0 aromatic carbocycles. The molecule has 0 amide bonds. The zero-order chi connectivity index (χ0) is 24.9. The first-order chi connectivity index (χ1) is 16.6. The molecule has 4 atom stereocenters. The molecule has 3 aromatic rings. The Balaban J connectivity index is 1.44. The third-order valence-electron chi connectivity index (χ3n) is 7.11. The lowest BCUT2D eigenvalue weighted by Crippen LogP contribution is -2.57. The van der Waals surface area contributed by atoms with Crippen LogP contribution in [-0.2, 0) is 0 Å². The van der Waals surface area contributed by atoms with E-state index in [2.05, 4.69) is 39.1 Å². The molecule has 0 unspecified atom stereocenters. The highest BCUT2D eigenvalue weighted by atomic mass is 19.1. The van der Waals surface area contributed by atoms with Crippen molar-refractivity contribution < 1.29 is 13.9 Å². The molecule has 2 aliphatic rings. The fourth-order valence-corrected chi connectivity index (χ4v) is 4.75. The van der Waals surface area contributed by atoms with E-state index in [-0.39, 0.29) is 18.5 Å². The Morgan fingerprint density at radius 2 is 1.97 bits per heavy atom. The number of hydrogen-bond donors (Lipinski definition) is 2. The number of rotatable bonds is 5. The van der Waals surface area contributed by atoms with Crippen LogP contribution in [0.1, 0.15) is 45.6 Å². The van der Waals surface area contributed by atoms with Gasteiger partial charge in [-0.25, -0.2) is 23.7 Å². The standard InChI is InChI=1S/C25H31F2N7O/c1-14(2)17-10-30-23(34-12-19(26)15(34)3)18-11-29-22(9-16(17)18)31-21-5-7-28-24(32-21)33-8-6-20(35)25(4,27)13-33/h5,7,9-11,14-15,19-20,35H,6,8,12-13H2,1-4H3,(H,28,29,31,32)/t15-,19-,20-,25+/m1/s1. The number of nitrogens with zero attached hydrogens (tertiary/aromatic N) is 6. The lowest BCUT2D eigenvalue weighted by molar-refractivity contribution is -0.00860. The third kappa shape index (κ3) is 4.35. The first-order valence-electron chi connectivity index (χ1n) is 12.1. The van der Waals surface area contributed by atoms with Gasteiger partial charge in [0.2, 0.25) is 5.95 Å². The van der Waals surface area contributed by atoms with Crippen molar-refractivity contribution in [3.05, 3.63) is 36.3 Å². The van der Waals surface area contributed by atoms with Crippen LogP contribution in [0.4, 0.5) is 32.2 Å². The Bertz CT molecular complexity index is 1240. The van der Waals surface area contributed by atoms with Crippen LogP contribution in [0.5, 0.6) is 0 Å². The summed E-state index contributed by atoms with van der Waals surface area (Å²) in [5, 5.41) is 15.0. The SMILES string of the molecule is CC(C)c1cnc(N2C[C@@H](F)[C@H]2C)c2cnc(Nc3ccnc(N4CC[C@@H](O)[C@@](C)(F)C4)n3)cc12. The van der Waals surface area contributed by atoms with Gasteiger partial charge in [-0.3, -0.25) is 0 Å². The number of anilines is 4. The van der Waals surface area contributed by atoms with Crippen molar-refractivity contribution in [2.24, 2.45) is 0 Å². The fourth-order valence-electron chi connectivity index (χ4n) is 4.75. The molecule has 2 saturated heterocycles. The molecule has 2 aliphatic heterocycles. The molecule has 5 heterocycles. The van der Waals surface area contributed by atoms with Gasteiger partial charge in [-0.05, 0) is 49.3 Å². The molecule has 186 valence electrons. The number of aromatic nitrogens is 4. The zero-order valence-electron chi connectivity index (χ0n) is 20.4. The van der Waals surface area contributed by atoms with Crippen molar-refractivity contribution >= 4 is 34.2 Å². The number of alkyl halides is 2. The Morgan fingerprint density at radius 3 is 2.66 bits per heavy atom. The second-order valence-electron chi connectivity index (χ2n) is 10.1. The number of aliphatic hydroxyl groups excluding tert-OH is 1. The number of halogens is 2. The van der Waals surface area contributed by atoms with Gasteiger partial charge in [0.05, 0.1) is 25.2 Å². The van der Waals surface area contributed by atoms with E-state index in [1.807, 2.05) is 24.1 Å². The average molecular weight is 484 g/mol. The molecule has 8 nitrogen and oxygen atoms in total. The molecule has 3 aromatic heterocycles. The van der Waals surface area contributed by atoms with Crippen molar-refractivity contribution in [2.75, 3.05) is 34.8 Å². The zero-order valence-corrected chi connectivity index (χ0v) is 20.4.